The summed E-state index contributed by atoms with van der Waals surface area (Å²) >= 11 is 0. The summed E-state index contributed by atoms with van der Waals surface area (Å²) in [5.41, 5.74) is 4.14. The Kier molecular flexibility index (Phi) is 5.44. The molecule has 0 atom stereocenters. The molecule has 0 saturated heterocycles. The SMILES string of the molecule is CCOC(=O)c1ccc(/[N+](O)=C/c2ccc(-c3ccccc3)cc2)cc1. The van der Waals surface area contributed by atoms with E-state index in [9.17, 15) is 10.0 Å². The average molecular weight is 346 g/mol. The molecule has 0 aliphatic carbocycles. The van der Waals surface area contributed by atoms with Gasteiger partial charge in [-0.1, -0.05) is 42.5 Å². The number of hydrogen-bond donors (Lipinski definition) is 1. The number of hydrogen-bond acceptors (Lipinski definition) is 3. The highest BCUT2D eigenvalue weighted by Gasteiger charge is 2.11. The Labute approximate surface area is 152 Å². The minimum Gasteiger partial charge on any atom is -0.462 e. The lowest BCUT2D eigenvalue weighted by molar-refractivity contribution is -0.709. The van der Waals surface area contributed by atoms with Gasteiger partial charge in [0.2, 0.25) is 6.21 Å². The molecule has 0 saturated carbocycles. The van der Waals surface area contributed by atoms with E-state index in [1.807, 2.05) is 42.5 Å². The standard InChI is InChI=1S/C22H20NO3/c1-2-26-22(24)20-12-14-21(15-13-20)23(25)16-17-8-10-19(11-9-17)18-6-4-3-5-7-18/h3-16,25H,2H2,1H3/q+1/b23-16-. The van der Waals surface area contributed by atoms with E-state index in [-0.39, 0.29) is 5.97 Å². The van der Waals surface area contributed by atoms with Crippen molar-refractivity contribution in [3.63, 3.8) is 0 Å². The molecule has 0 fully saturated rings. The molecule has 0 radical (unpaired) electrons. The molecule has 0 heterocycles. The molecule has 3 aromatic carbocycles. The predicted molar refractivity (Wildman–Crippen MR) is 101 cm³/mol. The summed E-state index contributed by atoms with van der Waals surface area (Å²) in [7, 11) is 0. The second-order valence-electron chi connectivity index (χ2n) is 5.73. The minimum absolute atomic E-state index is 0.333. The van der Waals surface area contributed by atoms with Crippen molar-refractivity contribution in [1.29, 1.82) is 0 Å². The Morgan fingerprint density at radius 2 is 1.54 bits per heavy atom. The third-order valence-corrected chi connectivity index (χ3v) is 3.93. The highest BCUT2D eigenvalue weighted by Crippen LogP contribution is 2.19. The summed E-state index contributed by atoms with van der Waals surface area (Å²) in [5.74, 6) is -0.371. The van der Waals surface area contributed by atoms with Crippen molar-refractivity contribution in [3.05, 3.63) is 90.0 Å². The van der Waals surface area contributed by atoms with Crippen molar-refractivity contribution in [1.82, 2.24) is 0 Å². The molecule has 1 N–H and O–H groups in total. The van der Waals surface area contributed by atoms with Crippen LogP contribution in [0.5, 0.6) is 0 Å². The van der Waals surface area contributed by atoms with E-state index in [1.54, 1.807) is 37.4 Å². The van der Waals surface area contributed by atoms with E-state index in [4.69, 9.17) is 4.74 Å². The Morgan fingerprint density at radius 3 is 2.15 bits per heavy atom. The summed E-state index contributed by atoms with van der Waals surface area (Å²) in [5, 5.41) is 10.3. The fourth-order valence-corrected chi connectivity index (χ4v) is 2.57. The van der Waals surface area contributed by atoms with Crippen molar-refractivity contribution in [2.75, 3.05) is 6.61 Å². The van der Waals surface area contributed by atoms with Crippen LogP contribution in [-0.4, -0.2) is 28.7 Å². The maximum absolute atomic E-state index is 11.7. The largest absolute Gasteiger partial charge is 0.462 e. The van der Waals surface area contributed by atoms with Gasteiger partial charge in [0.15, 0.2) is 0 Å². The normalized spacial score (nSPS) is 11.2. The Morgan fingerprint density at radius 1 is 0.923 bits per heavy atom. The number of rotatable bonds is 5. The molecule has 130 valence electrons. The van der Waals surface area contributed by atoms with E-state index in [2.05, 4.69) is 12.1 Å². The second kappa shape index (κ2) is 8.12. The lowest BCUT2D eigenvalue weighted by Gasteiger charge is -2.02. The quantitative estimate of drug-likeness (QED) is 0.240. The molecule has 3 aromatic rings. The van der Waals surface area contributed by atoms with E-state index in [0.717, 1.165) is 21.4 Å². The number of nitrogens with zero attached hydrogens (tertiary/aromatic N) is 1. The van der Waals surface area contributed by atoms with Crippen LogP contribution >= 0.6 is 0 Å². The van der Waals surface area contributed by atoms with Gasteiger partial charge in [-0.25, -0.2) is 4.79 Å². The van der Waals surface area contributed by atoms with Crippen LogP contribution in [0.25, 0.3) is 11.1 Å². The first-order valence-corrected chi connectivity index (χ1v) is 8.43. The van der Waals surface area contributed by atoms with Crippen LogP contribution < -0.4 is 0 Å². The maximum atomic E-state index is 11.7. The molecular formula is C22H20NO3+. The number of carbonyl (C=O) groups excluding carboxylic acids is 1. The molecule has 4 nitrogen and oxygen atoms in total. The van der Waals surface area contributed by atoms with Gasteiger partial charge in [0.05, 0.1) is 12.2 Å². The van der Waals surface area contributed by atoms with E-state index < -0.39 is 0 Å². The summed E-state index contributed by atoms with van der Waals surface area (Å²) in [6.07, 6.45) is 1.62. The molecule has 0 unspecified atom stereocenters. The van der Waals surface area contributed by atoms with Crippen molar-refractivity contribution < 1.29 is 19.5 Å². The second-order valence-corrected chi connectivity index (χ2v) is 5.73. The minimum atomic E-state index is -0.371. The van der Waals surface area contributed by atoms with Gasteiger partial charge in [-0.3, -0.25) is 5.21 Å². The molecule has 0 amide bonds. The maximum Gasteiger partial charge on any atom is 0.338 e. The van der Waals surface area contributed by atoms with Crippen LogP contribution in [0.15, 0.2) is 78.9 Å². The van der Waals surface area contributed by atoms with Crippen LogP contribution in [-0.2, 0) is 4.74 Å². The highest BCUT2D eigenvalue weighted by atomic mass is 16.5. The summed E-state index contributed by atoms with van der Waals surface area (Å²) in [6, 6.07) is 24.6. The third kappa shape index (κ3) is 4.16. The number of benzene rings is 3. The van der Waals surface area contributed by atoms with Crippen molar-refractivity contribution in [2.24, 2.45) is 0 Å². The van der Waals surface area contributed by atoms with Gasteiger partial charge in [-0.15, -0.1) is 0 Å². The van der Waals surface area contributed by atoms with E-state index in [1.165, 1.54) is 0 Å². The lowest BCUT2D eigenvalue weighted by Crippen LogP contribution is -2.05. The first kappa shape index (κ1) is 17.4. The molecule has 0 bridgehead atoms. The van der Waals surface area contributed by atoms with E-state index in [0.29, 0.717) is 17.9 Å². The van der Waals surface area contributed by atoms with Gasteiger partial charge in [-0.05, 0) is 42.3 Å². The number of esters is 1. The smallest absolute Gasteiger partial charge is 0.338 e. The average Bonchev–Trinajstić information content (AvgIpc) is 2.69. The van der Waals surface area contributed by atoms with Crippen LogP contribution in [0.2, 0.25) is 0 Å². The van der Waals surface area contributed by atoms with Gasteiger partial charge in [-0.2, -0.15) is 0 Å². The zero-order valence-corrected chi connectivity index (χ0v) is 14.5. The molecule has 4 heteroatoms. The zero-order valence-electron chi connectivity index (χ0n) is 14.5. The molecular weight excluding hydrogens is 326 g/mol. The Hall–Kier alpha value is -3.40. The first-order valence-electron chi connectivity index (χ1n) is 8.43. The van der Waals surface area contributed by atoms with Gasteiger partial charge in [0, 0.05) is 22.4 Å². The molecule has 3 rings (SSSR count). The fraction of sp³-hybridized carbons (Fsp3) is 0.0909. The van der Waals surface area contributed by atoms with E-state index >= 15 is 0 Å². The highest BCUT2D eigenvalue weighted by molar-refractivity contribution is 5.89. The topological polar surface area (TPSA) is 49.5 Å². The zero-order chi connectivity index (χ0) is 18.4. The molecule has 26 heavy (non-hydrogen) atoms. The molecule has 0 aliphatic heterocycles. The lowest BCUT2D eigenvalue weighted by atomic mass is 10.0. The van der Waals surface area contributed by atoms with Crippen molar-refractivity contribution in [2.45, 2.75) is 6.92 Å². The predicted octanol–water partition coefficient (Wildman–Crippen LogP) is 4.68. The van der Waals surface area contributed by atoms with Gasteiger partial charge < -0.3 is 4.74 Å². The first-order chi connectivity index (χ1) is 12.7. The van der Waals surface area contributed by atoms with Crippen LogP contribution in [0, 0.1) is 0 Å². The molecule has 0 aliphatic rings. The van der Waals surface area contributed by atoms with Gasteiger partial charge in [0.25, 0.3) is 5.69 Å². The third-order valence-electron chi connectivity index (χ3n) is 3.93. The molecule has 0 spiro atoms. The summed E-state index contributed by atoms with van der Waals surface area (Å²) in [6.45, 7) is 2.10. The summed E-state index contributed by atoms with van der Waals surface area (Å²) in [4.78, 5) is 11.7. The number of carbonyl (C=O) groups is 1. The summed E-state index contributed by atoms with van der Waals surface area (Å²) < 4.78 is 5.98. The fourth-order valence-electron chi connectivity index (χ4n) is 2.57. The molecule has 0 aromatic heterocycles. The van der Waals surface area contributed by atoms with Gasteiger partial charge in [0.1, 0.15) is 0 Å². The Balaban J connectivity index is 1.76. The monoisotopic (exact) mass is 346 g/mol. The van der Waals surface area contributed by atoms with Crippen LogP contribution in [0.1, 0.15) is 22.8 Å². The Bertz CT molecular complexity index is 898. The number of ether oxygens (including phenoxy) is 1. The van der Waals surface area contributed by atoms with Crippen LogP contribution in [0.4, 0.5) is 5.69 Å². The van der Waals surface area contributed by atoms with Gasteiger partial charge >= 0.3 is 5.97 Å². The van der Waals surface area contributed by atoms with Crippen molar-refractivity contribution >= 4 is 17.9 Å². The van der Waals surface area contributed by atoms with Crippen molar-refractivity contribution in [3.8, 4) is 11.1 Å². The van der Waals surface area contributed by atoms with Crippen LogP contribution in [0.3, 0.4) is 0 Å².